The molecule has 158 valence electrons. The quantitative estimate of drug-likeness (QED) is 0.665. The summed E-state index contributed by atoms with van der Waals surface area (Å²) < 4.78 is 27.5. The average molecular weight is 447 g/mol. The number of hydrogen-bond acceptors (Lipinski definition) is 5. The predicted molar refractivity (Wildman–Crippen MR) is 117 cm³/mol. The Bertz CT molecular complexity index is 1260. The van der Waals surface area contributed by atoms with Crippen molar-refractivity contribution in [1.29, 1.82) is 0 Å². The van der Waals surface area contributed by atoms with E-state index in [1.54, 1.807) is 30.3 Å². The van der Waals surface area contributed by atoms with Crippen LogP contribution in [-0.4, -0.2) is 53.8 Å². The Hall–Kier alpha value is -2.26. The number of fused-ring (bicyclic) bond motifs is 1. The molecule has 4 rings (SSSR count). The maximum atomic E-state index is 13.0. The second kappa shape index (κ2) is 8.11. The van der Waals surface area contributed by atoms with Gasteiger partial charge in [0.25, 0.3) is 5.56 Å². The molecule has 0 radical (unpaired) electrons. The van der Waals surface area contributed by atoms with Crippen LogP contribution < -0.4 is 5.56 Å². The van der Waals surface area contributed by atoms with Crippen molar-refractivity contribution in [3.63, 3.8) is 0 Å². The molecule has 1 aliphatic rings. The maximum Gasteiger partial charge on any atom is 0.258 e. The average Bonchev–Trinajstić information content (AvgIpc) is 2.70. The van der Waals surface area contributed by atoms with E-state index in [0.29, 0.717) is 59.4 Å². The van der Waals surface area contributed by atoms with Crippen molar-refractivity contribution in [2.45, 2.75) is 25.3 Å². The molecule has 0 saturated carbocycles. The van der Waals surface area contributed by atoms with Gasteiger partial charge in [0.2, 0.25) is 10.0 Å². The molecule has 0 unspecified atom stereocenters. The summed E-state index contributed by atoms with van der Waals surface area (Å²) in [6.07, 6.45) is 0. The lowest BCUT2D eigenvalue weighted by atomic mass is 10.1. The number of aromatic amines is 1. The van der Waals surface area contributed by atoms with E-state index in [0.717, 1.165) is 11.1 Å². The van der Waals surface area contributed by atoms with Crippen molar-refractivity contribution in [2.75, 3.05) is 26.2 Å². The first kappa shape index (κ1) is 21.0. The number of benzene rings is 2. The standard InChI is InChI=1S/C21H23ClN4O3S/c1-14-3-5-17(11-15(14)2)30(28,29)26-9-7-25(8-10-26)13-20-23-19-12-16(22)4-6-18(19)21(27)24-20/h3-6,11-12H,7-10,13H2,1-2H3,(H,23,24,27). The lowest BCUT2D eigenvalue weighted by Gasteiger charge is -2.33. The van der Waals surface area contributed by atoms with Crippen molar-refractivity contribution in [3.8, 4) is 0 Å². The van der Waals surface area contributed by atoms with E-state index in [4.69, 9.17) is 11.6 Å². The molecule has 0 bridgehead atoms. The van der Waals surface area contributed by atoms with Crippen molar-refractivity contribution in [3.05, 3.63) is 68.7 Å². The van der Waals surface area contributed by atoms with E-state index in [1.165, 1.54) is 4.31 Å². The van der Waals surface area contributed by atoms with Gasteiger partial charge in [0, 0.05) is 31.2 Å². The lowest BCUT2D eigenvalue weighted by Crippen LogP contribution is -2.48. The van der Waals surface area contributed by atoms with Crippen LogP contribution in [0.25, 0.3) is 10.9 Å². The molecule has 2 heterocycles. The highest BCUT2D eigenvalue weighted by Gasteiger charge is 2.29. The summed E-state index contributed by atoms with van der Waals surface area (Å²) in [6.45, 7) is 6.20. The van der Waals surface area contributed by atoms with Crippen LogP contribution in [0.3, 0.4) is 0 Å². The molecule has 3 aromatic rings. The number of nitrogens with zero attached hydrogens (tertiary/aromatic N) is 3. The Kier molecular flexibility index (Phi) is 5.67. The first-order valence-electron chi connectivity index (χ1n) is 9.72. The highest BCUT2D eigenvalue weighted by molar-refractivity contribution is 7.89. The van der Waals surface area contributed by atoms with Crippen LogP contribution in [0.15, 0.2) is 46.1 Å². The molecule has 0 aliphatic carbocycles. The Morgan fingerprint density at radius 3 is 2.47 bits per heavy atom. The molecular formula is C21H23ClN4O3S. The molecule has 2 aromatic carbocycles. The highest BCUT2D eigenvalue weighted by Crippen LogP contribution is 2.21. The van der Waals surface area contributed by atoms with Gasteiger partial charge < -0.3 is 4.98 Å². The molecule has 0 amide bonds. The Labute approximate surface area is 180 Å². The number of nitrogens with one attached hydrogen (secondary N) is 1. The van der Waals surface area contributed by atoms with Crippen molar-refractivity contribution < 1.29 is 8.42 Å². The van der Waals surface area contributed by atoms with Gasteiger partial charge in [-0.25, -0.2) is 13.4 Å². The fraction of sp³-hybridized carbons (Fsp3) is 0.333. The Morgan fingerprint density at radius 1 is 1.03 bits per heavy atom. The minimum absolute atomic E-state index is 0.206. The maximum absolute atomic E-state index is 13.0. The zero-order chi connectivity index (χ0) is 21.5. The number of H-pyrrole nitrogens is 1. The molecule has 9 heteroatoms. The van der Waals surface area contributed by atoms with Gasteiger partial charge in [-0.1, -0.05) is 17.7 Å². The number of sulfonamides is 1. The number of rotatable bonds is 4. The number of hydrogen-bond donors (Lipinski definition) is 1. The van der Waals surface area contributed by atoms with Crippen molar-refractivity contribution >= 4 is 32.5 Å². The Balaban J connectivity index is 1.46. The molecular weight excluding hydrogens is 424 g/mol. The summed E-state index contributed by atoms with van der Waals surface area (Å²) >= 11 is 6.02. The van der Waals surface area contributed by atoms with Gasteiger partial charge in [0.1, 0.15) is 5.82 Å². The van der Waals surface area contributed by atoms with Crippen LogP contribution in [0, 0.1) is 13.8 Å². The fourth-order valence-corrected chi connectivity index (χ4v) is 5.27. The second-order valence-corrected chi connectivity index (χ2v) is 9.97. The van der Waals surface area contributed by atoms with Crippen LogP contribution >= 0.6 is 11.6 Å². The molecule has 1 aliphatic heterocycles. The molecule has 30 heavy (non-hydrogen) atoms. The van der Waals surface area contributed by atoms with E-state index in [1.807, 2.05) is 19.9 Å². The minimum Gasteiger partial charge on any atom is -0.309 e. The van der Waals surface area contributed by atoms with Crippen LogP contribution in [0.5, 0.6) is 0 Å². The summed E-state index contributed by atoms with van der Waals surface area (Å²) in [7, 11) is -3.52. The van der Waals surface area contributed by atoms with Gasteiger partial charge in [0.15, 0.2) is 0 Å². The van der Waals surface area contributed by atoms with E-state index in [-0.39, 0.29) is 5.56 Å². The zero-order valence-electron chi connectivity index (χ0n) is 16.9. The highest BCUT2D eigenvalue weighted by atomic mass is 35.5. The summed E-state index contributed by atoms with van der Waals surface area (Å²) in [5.41, 5.74) is 2.37. The second-order valence-electron chi connectivity index (χ2n) is 7.60. The predicted octanol–water partition coefficient (Wildman–Crippen LogP) is 2.70. The lowest BCUT2D eigenvalue weighted by molar-refractivity contribution is 0.178. The normalized spacial score (nSPS) is 16.2. The van der Waals surface area contributed by atoms with E-state index in [2.05, 4.69) is 14.9 Å². The van der Waals surface area contributed by atoms with E-state index < -0.39 is 10.0 Å². The molecule has 0 spiro atoms. The van der Waals surface area contributed by atoms with E-state index in [9.17, 15) is 13.2 Å². The molecule has 0 atom stereocenters. The van der Waals surface area contributed by atoms with Crippen LogP contribution in [0.2, 0.25) is 5.02 Å². The van der Waals surface area contributed by atoms with Crippen molar-refractivity contribution in [1.82, 2.24) is 19.2 Å². The van der Waals surface area contributed by atoms with Crippen molar-refractivity contribution in [2.24, 2.45) is 0 Å². The van der Waals surface area contributed by atoms with Gasteiger partial charge in [-0.15, -0.1) is 0 Å². The fourth-order valence-electron chi connectivity index (χ4n) is 3.60. The summed E-state index contributed by atoms with van der Waals surface area (Å²) in [6, 6.07) is 10.2. The van der Waals surface area contributed by atoms with Crippen LogP contribution in [0.4, 0.5) is 0 Å². The van der Waals surface area contributed by atoms with E-state index >= 15 is 0 Å². The number of aromatic nitrogens is 2. The summed E-state index contributed by atoms with van der Waals surface area (Å²) in [5.74, 6) is 0.542. The van der Waals surface area contributed by atoms with Gasteiger partial charge in [-0.2, -0.15) is 4.31 Å². The number of aryl methyl sites for hydroxylation is 2. The molecule has 1 fully saturated rings. The minimum atomic E-state index is -3.52. The number of halogens is 1. The summed E-state index contributed by atoms with van der Waals surface area (Å²) in [5, 5.41) is 1.02. The number of piperazine rings is 1. The van der Waals surface area contributed by atoms with Crippen LogP contribution in [0.1, 0.15) is 17.0 Å². The first-order chi connectivity index (χ1) is 14.2. The summed E-state index contributed by atoms with van der Waals surface area (Å²) in [4.78, 5) is 22.0. The van der Waals surface area contributed by atoms with Gasteiger partial charge in [0.05, 0.1) is 22.3 Å². The third kappa shape index (κ3) is 4.13. The smallest absolute Gasteiger partial charge is 0.258 e. The topological polar surface area (TPSA) is 86.4 Å². The van der Waals surface area contributed by atoms with Gasteiger partial charge >= 0.3 is 0 Å². The van der Waals surface area contributed by atoms with Gasteiger partial charge in [-0.05, 0) is 55.3 Å². The van der Waals surface area contributed by atoms with Gasteiger partial charge in [-0.3, -0.25) is 9.69 Å². The third-order valence-corrected chi connectivity index (χ3v) is 7.67. The SMILES string of the molecule is Cc1ccc(S(=O)(=O)N2CCN(Cc3nc4cc(Cl)ccc4c(=O)[nH]3)CC2)cc1C. The van der Waals surface area contributed by atoms with Crippen LogP contribution in [-0.2, 0) is 16.6 Å². The Morgan fingerprint density at radius 2 is 1.77 bits per heavy atom. The largest absolute Gasteiger partial charge is 0.309 e. The molecule has 1 aromatic heterocycles. The monoisotopic (exact) mass is 446 g/mol. The molecule has 1 saturated heterocycles. The molecule has 7 nitrogen and oxygen atoms in total. The molecule has 1 N–H and O–H groups in total. The zero-order valence-corrected chi connectivity index (χ0v) is 18.4. The third-order valence-electron chi connectivity index (χ3n) is 5.54. The first-order valence-corrected chi connectivity index (χ1v) is 11.5.